The molecule has 12 rings (SSSR count). The van der Waals surface area contributed by atoms with E-state index < -0.39 is 0 Å². The number of benzene rings is 10. The first-order valence-electron chi connectivity index (χ1n) is 20.3. The highest BCUT2D eigenvalue weighted by molar-refractivity contribution is 7.99. The highest BCUT2D eigenvalue weighted by Crippen LogP contribution is 2.51. The summed E-state index contributed by atoms with van der Waals surface area (Å²) in [6, 6.07) is 78.7. The molecule has 0 aliphatic carbocycles. The van der Waals surface area contributed by atoms with E-state index in [1.807, 2.05) is 11.8 Å². The summed E-state index contributed by atoms with van der Waals surface area (Å²) >= 11 is 1.83. The van der Waals surface area contributed by atoms with E-state index in [1.54, 1.807) is 0 Å². The summed E-state index contributed by atoms with van der Waals surface area (Å²) in [5.74, 6) is 0. The van der Waals surface area contributed by atoms with Gasteiger partial charge in [-0.2, -0.15) is 0 Å². The van der Waals surface area contributed by atoms with Gasteiger partial charge in [0.25, 0.3) is 0 Å². The van der Waals surface area contributed by atoms with Crippen molar-refractivity contribution in [3.05, 3.63) is 218 Å². The molecule has 1 aliphatic rings. The lowest BCUT2D eigenvalue weighted by Crippen LogP contribution is -2.14. The van der Waals surface area contributed by atoms with Crippen molar-refractivity contribution in [3.63, 3.8) is 0 Å². The van der Waals surface area contributed by atoms with Crippen LogP contribution in [0.1, 0.15) is 0 Å². The van der Waals surface area contributed by atoms with E-state index in [9.17, 15) is 0 Å². The number of fused-ring (bicyclic) bond motifs is 7. The average Bonchev–Trinajstić information content (AvgIpc) is 3.68. The first-order valence-corrected chi connectivity index (χ1v) is 21.1. The number of nitrogens with zero attached hydrogens (tertiary/aromatic N) is 2. The lowest BCUT2D eigenvalue weighted by Gasteiger charge is -2.32. The van der Waals surface area contributed by atoms with Gasteiger partial charge in [0, 0.05) is 48.4 Å². The number of rotatable bonds is 6. The van der Waals surface area contributed by atoms with E-state index in [0.717, 1.165) is 61.3 Å². The normalized spacial score (nSPS) is 12.2. The summed E-state index contributed by atoms with van der Waals surface area (Å²) in [6.45, 7) is 0. The maximum atomic E-state index is 6.40. The lowest BCUT2D eigenvalue weighted by molar-refractivity contribution is 0.669. The molecule has 0 radical (unpaired) electrons. The number of hydrogen-bond donors (Lipinski definition) is 0. The van der Waals surface area contributed by atoms with Gasteiger partial charge in [-0.15, -0.1) is 0 Å². The molecule has 0 saturated heterocycles. The second kappa shape index (κ2) is 14.1. The van der Waals surface area contributed by atoms with Crippen LogP contribution in [-0.4, -0.2) is 0 Å². The maximum Gasteiger partial charge on any atom is 0.135 e. The minimum atomic E-state index is 0.885. The second-order valence-electron chi connectivity index (χ2n) is 15.3. The first kappa shape index (κ1) is 34.5. The Kier molecular flexibility index (Phi) is 8.10. The van der Waals surface area contributed by atoms with Gasteiger partial charge in [0.15, 0.2) is 0 Å². The first-order chi connectivity index (χ1) is 29.7. The van der Waals surface area contributed by atoms with Crippen LogP contribution in [0.3, 0.4) is 0 Å². The van der Waals surface area contributed by atoms with Crippen LogP contribution in [0, 0.1) is 0 Å². The van der Waals surface area contributed by atoms with Crippen LogP contribution in [0.5, 0.6) is 0 Å². The predicted molar refractivity (Wildman–Crippen MR) is 253 cm³/mol. The molecule has 0 atom stereocenters. The van der Waals surface area contributed by atoms with Crippen LogP contribution in [0.2, 0.25) is 0 Å². The molecule has 3 nitrogen and oxygen atoms in total. The fourth-order valence-electron chi connectivity index (χ4n) is 8.94. The molecule has 60 heavy (non-hydrogen) atoms. The Morgan fingerprint density at radius 2 is 0.833 bits per heavy atom. The standard InChI is InChI=1S/C56H36N2OS/c1-2-14-43(15-3-1)57(56-46-16-6-4-12-41(46)34-42-13-5-7-17-47(42)56)44-28-22-37(23-29-44)39-26-32-52-48(35-39)49-36-40(27-33-53(49)59-52)38-24-30-45(31-25-38)58-50-18-8-10-20-54(50)60-55-21-11-9-19-51(55)58/h1-36H. The van der Waals surface area contributed by atoms with Crippen LogP contribution < -0.4 is 9.80 Å². The van der Waals surface area contributed by atoms with E-state index in [1.165, 1.54) is 48.4 Å². The molecule has 0 N–H and O–H groups in total. The molecule has 11 aromatic rings. The molecular weight excluding hydrogens is 749 g/mol. The van der Waals surface area contributed by atoms with E-state index in [-0.39, 0.29) is 0 Å². The van der Waals surface area contributed by atoms with Crippen molar-refractivity contribution in [2.75, 3.05) is 9.80 Å². The van der Waals surface area contributed by atoms with Crippen molar-refractivity contribution < 1.29 is 4.42 Å². The summed E-state index contributed by atoms with van der Waals surface area (Å²) in [5.41, 5.74) is 13.3. The van der Waals surface area contributed by atoms with E-state index in [4.69, 9.17) is 4.42 Å². The van der Waals surface area contributed by atoms with Gasteiger partial charge in [-0.25, -0.2) is 0 Å². The van der Waals surface area contributed by atoms with E-state index in [0.29, 0.717) is 0 Å². The summed E-state index contributed by atoms with van der Waals surface area (Å²) in [7, 11) is 0. The van der Waals surface area contributed by atoms with Gasteiger partial charge in [-0.1, -0.05) is 139 Å². The average molecular weight is 785 g/mol. The lowest BCUT2D eigenvalue weighted by atomic mass is 9.98. The molecule has 0 saturated carbocycles. The van der Waals surface area contributed by atoms with Gasteiger partial charge in [0.1, 0.15) is 11.2 Å². The number of hydrogen-bond acceptors (Lipinski definition) is 4. The summed E-state index contributed by atoms with van der Waals surface area (Å²) in [4.78, 5) is 7.29. The second-order valence-corrected chi connectivity index (χ2v) is 16.4. The SMILES string of the molecule is c1ccc(N(c2ccc(-c3ccc4oc5ccc(-c6ccc(N7c8ccccc8Sc8ccccc87)cc6)cc5c4c3)cc2)c2c3ccccc3cc3ccccc23)cc1. The highest BCUT2D eigenvalue weighted by Gasteiger charge is 2.24. The van der Waals surface area contributed by atoms with Crippen molar-refractivity contribution in [3.8, 4) is 22.3 Å². The monoisotopic (exact) mass is 784 g/mol. The van der Waals surface area contributed by atoms with Gasteiger partial charge in [-0.3, -0.25) is 0 Å². The van der Waals surface area contributed by atoms with Crippen LogP contribution in [-0.2, 0) is 0 Å². The van der Waals surface area contributed by atoms with Crippen molar-refractivity contribution in [2.45, 2.75) is 9.79 Å². The van der Waals surface area contributed by atoms with Gasteiger partial charge in [0.05, 0.1) is 17.1 Å². The Morgan fingerprint density at radius 3 is 1.42 bits per heavy atom. The fourth-order valence-corrected chi connectivity index (χ4v) is 10.00. The molecular formula is C56H36N2OS. The van der Waals surface area contributed by atoms with Gasteiger partial charge in [-0.05, 0) is 124 Å². The Balaban J connectivity index is 0.901. The van der Waals surface area contributed by atoms with Crippen molar-refractivity contribution >= 4 is 89.4 Å². The molecule has 1 aromatic heterocycles. The van der Waals surface area contributed by atoms with Crippen LogP contribution in [0.4, 0.5) is 34.1 Å². The number of anilines is 6. The van der Waals surface area contributed by atoms with Gasteiger partial charge < -0.3 is 14.2 Å². The maximum absolute atomic E-state index is 6.40. The third-order valence-corrected chi connectivity index (χ3v) is 12.9. The van der Waals surface area contributed by atoms with E-state index in [2.05, 4.69) is 228 Å². The largest absolute Gasteiger partial charge is 0.456 e. The molecule has 0 spiro atoms. The Morgan fingerprint density at radius 1 is 0.367 bits per heavy atom. The molecule has 0 bridgehead atoms. The number of para-hydroxylation sites is 3. The highest BCUT2D eigenvalue weighted by atomic mass is 32.2. The fraction of sp³-hybridized carbons (Fsp3) is 0. The zero-order valence-corrected chi connectivity index (χ0v) is 33.3. The molecule has 10 aromatic carbocycles. The van der Waals surface area contributed by atoms with Crippen molar-refractivity contribution in [1.82, 2.24) is 0 Å². The minimum absolute atomic E-state index is 0.885. The van der Waals surface area contributed by atoms with Crippen molar-refractivity contribution in [1.29, 1.82) is 0 Å². The molecule has 4 heteroatoms. The molecule has 282 valence electrons. The third-order valence-electron chi connectivity index (χ3n) is 11.8. The Hall–Kier alpha value is -7.53. The molecule has 1 aliphatic heterocycles. The van der Waals surface area contributed by atoms with Crippen molar-refractivity contribution in [2.24, 2.45) is 0 Å². The quantitative estimate of drug-likeness (QED) is 0.156. The summed E-state index contributed by atoms with van der Waals surface area (Å²) in [6.07, 6.45) is 0. The van der Waals surface area contributed by atoms with Crippen LogP contribution in [0.25, 0.3) is 65.7 Å². The zero-order valence-electron chi connectivity index (χ0n) is 32.5. The zero-order chi connectivity index (χ0) is 39.6. The summed E-state index contributed by atoms with van der Waals surface area (Å²) in [5, 5.41) is 7.09. The smallest absolute Gasteiger partial charge is 0.135 e. The molecule has 0 unspecified atom stereocenters. The third kappa shape index (κ3) is 5.76. The number of furan rings is 1. The van der Waals surface area contributed by atoms with Gasteiger partial charge >= 0.3 is 0 Å². The topological polar surface area (TPSA) is 19.6 Å². The Bertz CT molecular complexity index is 3310. The van der Waals surface area contributed by atoms with Crippen LogP contribution in [0.15, 0.2) is 233 Å². The minimum Gasteiger partial charge on any atom is -0.456 e. The predicted octanol–water partition coefficient (Wildman–Crippen LogP) is 16.6. The summed E-state index contributed by atoms with van der Waals surface area (Å²) < 4.78 is 6.40. The molecule has 2 heterocycles. The molecule has 0 amide bonds. The van der Waals surface area contributed by atoms with E-state index >= 15 is 0 Å². The van der Waals surface area contributed by atoms with Gasteiger partial charge in [0.2, 0.25) is 0 Å². The molecule has 0 fully saturated rings. The van der Waals surface area contributed by atoms with Crippen LogP contribution >= 0.6 is 11.8 Å². The Labute approximate surface area is 352 Å².